The van der Waals surface area contributed by atoms with Crippen LogP contribution in [0.25, 0.3) is 72.0 Å². The molecule has 2 heteroatoms. The van der Waals surface area contributed by atoms with Crippen molar-refractivity contribution < 1.29 is 0 Å². The van der Waals surface area contributed by atoms with Gasteiger partial charge in [0.2, 0.25) is 0 Å². The first kappa shape index (κ1) is 33.2. The van der Waals surface area contributed by atoms with Crippen LogP contribution >= 0.6 is 0 Å². The van der Waals surface area contributed by atoms with E-state index in [1.165, 1.54) is 60.8 Å². The summed E-state index contributed by atoms with van der Waals surface area (Å²) in [6.07, 6.45) is 0. The highest BCUT2D eigenvalue weighted by Crippen LogP contribution is 2.48. The number of nitrogens with zero attached hydrogens (tertiary/aromatic N) is 2. The zero-order valence-electron chi connectivity index (χ0n) is 30.8. The number of hydrogen-bond acceptors (Lipinski definition) is 1. The van der Waals surface area contributed by atoms with E-state index in [-0.39, 0.29) is 0 Å². The molecule has 0 radical (unpaired) electrons. The molecule has 2 nitrogen and oxygen atoms in total. The Balaban J connectivity index is 1.15. The van der Waals surface area contributed by atoms with Gasteiger partial charge >= 0.3 is 0 Å². The van der Waals surface area contributed by atoms with E-state index in [2.05, 4.69) is 240 Å². The van der Waals surface area contributed by atoms with E-state index in [4.69, 9.17) is 0 Å². The Morgan fingerprint density at radius 2 is 0.786 bits per heavy atom. The number of anilines is 3. The maximum absolute atomic E-state index is 2.44. The van der Waals surface area contributed by atoms with Crippen LogP contribution in [0.15, 0.2) is 231 Å². The van der Waals surface area contributed by atoms with E-state index in [9.17, 15) is 0 Å². The van der Waals surface area contributed by atoms with Crippen LogP contribution in [0.2, 0.25) is 0 Å². The largest absolute Gasteiger partial charge is 0.309 e. The summed E-state index contributed by atoms with van der Waals surface area (Å²) in [7, 11) is 0. The van der Waals surface area contributed by atoms with E-state index < -0.39 is 0 Å². The summed E-state index contributed by atoms with van der Waals surface area (Å²) in [6.45, 7) is 0. The smallest absolute Gasteiger partial charge is 0.0546 e. The van der Waals surface area contributed by atoms with Crippen molar-refractivity contribution in [3.8, 4) is 50.2 Å². The second-order valence-corrected chi connectivity index (χ2v) is 14.1. The van der Waals surface area contributed by atoms with Crippen LogP contribution in [0.3, 0.4) is 0 Å². The van der Waals surface area contributed by atoms with Crippen LogP contribution in [0.1, 0.15) is 0 Å². The molecule has 0 fully saturated rings. The third-order valence-corrected chi connectivity index (χ3v) is 10.8. The molecule has 0 aliphatic carbocycles. The first-order chi connectivity index (χ1) is 27.8. The summed E-state index contributed by atoms with van der Waals surface area (Å²) in [5.74, 6) is 0. The van der Waals surface area contributed by atoms with Crippen molar-refractivity contribution in [2.75, 3.05) is 4.90 Å². The highest BCUT2D eigenvalue weighted by molar-refractivity contribution is 6.09. The van der Waals surface area contributed by atoms with E-state index in [0.717, 1.165) is 28.3 Å². The molecule has 0 aliphatic heterocycles. The standard InChI is InChI=1S/C54H38N2/c1-4-18-40(19-5-1)46-26-10-13-30-50(46)55(53-33-17-29-47(41-20-6-2-7-21-41)54(53)42-22-8-3-9-23-42)44-36-34-39(35-37-44)43-24-16-25-45(38-43)56-51-31-14-11-27-48(51)49-28-12-15-32-52(49)56/h1-38H. The van der Waals surface area contributed by atoms with Gasteiger partial charge in [0.15, 0.2) is 0 Å². The molecule has 0 aliphatic rings. The average molecular weight is 715 g/mol. The fourth-order valence-electron chi connectivity index (χ4n) is 8.26. The number of para-hydroxylation sites is 3. The number of hydrogen-bond donors (Lipinski definition) is 0. The van der Waals surface area contributed by atoms with Crippen LogP contribution in [0.5, 0.6) is 0 Å². The minimum atomic E-state index is 1.08. The highest BCUT2D eigenvalue weighted by Gasteiger charge is 2.23. The first-order valence-electron chi connectivity index (χ1n) is 19.2. The van der Waals surface area contributed by atoms with Crippen LogP contribution in [0.4, 0.5) is 17.1 Å². The third-order valence-electron chi connectivity index (χ3n) is 10.8. The fourth-order valence-corrected chi connectivity index (χ4v) is 8.26. The quantitative estimate of drug-likeness (QED) is 0.152. The third kappa shape index (κ3) is 5.95. The zero-order chi connectivity index (χ0) is 37.3. The lowest BCUT2D eigenvalue weighted by Crippen LogP contribution is -2.13. The molecule has 1 aromatic heterocycles. The van der Waals surface area contributed by atoms with Crippen LogP contribution in [-0.2, 0) is 0 Å². The molecule has 0 unspecified atom stereocenters. The SMILES string of the molecule is c1ccc(-c2ccccc2N(c2ccc(-c3cccc(-n4c5ccccc5c5ccccc54)c3)cc2)c2cccc(-c3ccccc3)c2-c2ccccc2)cc1. The topological polar surface area (TPSA) is 8.17 Å². The molecule has 0 saturated heterocycles. The molecule has 0 bridgehead atoms. The minimum Gasteiger partial charge on any atom is -0.309 e. The Morgan fingerprint density at radius 1 is 0.304 bits per heavy atom. The molecule has 0 atom stereocenters. The zero-order valence-corrected chi connectivity index (χ0v) is 30.8. The van der Waals surface area contributed by atoms with Crippen molar-refractivity contribution in [1.82, 2.24) is 4.57 Å². The maximum atomic E-state index is 2.44. The van der Waals surface area contributed by atoms with Gasteiger partial charge in [-0.3, -0.25) is 0 Å². The normalized spacial score (nSPS) is 11.2. The Bertz CT molecular complexity index is 2890. The number of rotatable bonds is 8. The Morgan fingerprint density at radius 3 is 1.45 bits per heavy atom. The first-order valence-corrected chi connectivity index (χ1v) is 19.2. The van der Waals surface area contributed by atoms with Gasteiger partial charge in [-0.25, -0.2) is 0 Å². The summed E-state index contributed by atoms with van der Waals surface area (Å²) < 4.78 is 2.38. The van der Waals surface area contributed by atoms with E-state index >= 15 is 0 Å². The van der Waals surface area contributed by atoms with Gasteiger partial charge in [-0.1, -0.05) is 182 Å². The molecule has 0 saturated carbocycles. The number of benzene rings is 9. The van der Waals surface area contributed by atoms with E-state index in [0.29, 0.717) is 0 Å². The van der Waals surface area contributed by atoms with Gasteiger partial charge < -0.3 is 9.47 Å². The summed E-state index contributed by atoms with van der Waals surface area (Å²) in [6, 6.07) is 83.0. The molecule has 0 N–H and O–H groups in total. The predicted octanol–water partition coefficient (Wildman–Crippen LogP) is 14.9. The van der Waals surface area contributed by atoms with Crippen LogP contribution in [-0.4, -0.2) is 4.57 Å². The van der Waals surface area contributed by atoms with E-state index in [1.807, 2.05) is 0 Å². The lowest BCUT2D eigenvalue weighted by molar-refractivity contribution is 1.18. The number of aromatic nitrogens is 1. The molecule has 0 spiro atoms. The Kier molecular flexibility index (Phi) is 8.55. The molecular formula is C54H38N2. The molecule has 264 valence electrons. The molecule has 1 heterocycles. The van der Waals surface area contributed by atoms with Gasteiger partial charge in [0.25, 0.3) is 0 Å². The van der Waals surface area contributed by atoms with Gasteiger partial charge in [-0.15, -0.1) is 0 Å². The second kappa shape index (κ2) is 14.4. The van der Waals surface area contributed by atoms with Crippen molar-refractivity contribution in [2.24, 2.45) is 0 Å². The lowest BCUT2D eigenvalue weighted by Gasteiger charge is -2.31. The number of fused-ring (bicyclic) bond motifs is 3. The van der Waals surface area contributed by atoms with Gasteiger partial charge in [0.05, 0.1) is 22.4 Å². The van der Waals surface area contributed by atoms with Gasteiger partial charge in [0, 0.05) is 33.3 Å². The van der Waals surface area contributed by atoms with Crippen LogP contribution in [0, 0.1) is 0 Å². The highest BCUT2D eigenvalue weighted by atomic mass is 15.1. The van der Waals surface area contributed by atoms with Gasteiger partial charge in [-0.05, 0) is 81.9 Å². The maximum Gasteiger partial charge on any atom is 0.0546 e. The molecule has 0 amide bonds. The Labute approximate surface area is 327 Å². The van der Waals surface area contributed by atoms with Crippen molar-refractivity contribution in [2.45, 2.75) is 0 Å². The summed E-state index contributed by atoms with van der Waals surface area (Å²) >= 11 is 0. The minimum absolute atomic E-state index is 1.08. The van der Waals surface area contributed by atoms with Gasteiger partial charge in [-0.2, -0.15) is 0 Å². The monoisotopic (exact) mass is 714 g/mol. The predicted molar refractivity (Wildman–Crippen MR) is 237 cm³/mol. The molecule has 10 rings (SSSR count). The summed E-state index contributed by atoms with van der Waals surface area (Å²) in [4.78, 5) is 2.44. The fraction of sp³-hybridized carbons (Fsp3) is 0. The van der Waals surface area contributed by atoms with Crippen molar-refractivity contribution in [3.05, 3.63) is 231 Å². The van der Waals surface area contributed by atoms with Crippen molar-refractivity contribution in [3.63, 3.8) is 0 Å². The summed E-state index contributed by atoms with van der Waals surface area (Å²) in [5, 5.41) is 2.53. The average Bonchev–Trinajstić information content (AvgIpc) is 3.62. The second-order valence-electron chi connectivity index (χ2n) is 14.1. The van der Waals surface area contributed by atoms with Gasteiger partial charge in [0.1, 0.15) is 0 Å². The van der Waals surface area contributed by atoms with Crippen molar-refractivity contribution in [1.29, 1.82) is 0 Å². The Hall–Kier alpha value is -7.42. The van der Waals surface area contributed by atoms with Crippen molar-refractivity contribution >= 4 is 38.9 Å². The molecule has 56 heavy (non-hydrogen) atoms. The molecular weight excluding hydrogens is 677 g/mol. The lowest BCUT2D eigenvalue weighted by atomic mass is 9.91. The molecule has 9 aromatic carbocycles. The summed E-state index contributed by atoms with van der Waals surface area (Å²) in [5.41, 5.74) is 16.3. The van der Waals surface area contributed by atoms with Crippen LogP contribution < -0.4 is 4.90 Å². The molecule has 10 aromatic rings. The van der Waals surface area contributed by atoms with E-state index in [1.54, 1.807) is 0 Å².